The minimum atomic E-state index is -0.330. The van der Waals surface area contributed by atoms with Crippen molar-refractivity contribution < 1.29 is 9.53 Å². The van der Waals surface area contributed by atoms with Gasteiger partial charge in [-0.05, 0) is 31.5 Å². The molecule has 0 fully saturated rings. The van der Waals surface area contributed by atoms with Crippen LogP contribution < -0.4 is 10.2 Å². The molecule has 1 N–H and O–H groups in total. The van der Waals surface area contributed by atoms with Crippen molar-refractivity contribution in [2.24, 2.45) is 5.10 Å². The van der Waals surface area contributed by atoms with E-state index in [9.17, 15) is 4.79 Å². The second-order valence-electron chi connectivity index (χ2n) is 4.87. The van der Waals surface area contributed by atoms with Crippen molar-refractivity contribution in [1.29, 1.82) is 0 Å². The van der Waals surface area contributed by atoms with Gasteiger partial charge in [0.2, 0.25) is 0 Å². The highest BCUT2D eigenvalue weighted by Gasteiger charge is 2.04. The fourth-order valence-electron chi connectivity index (χ4n) is 1.89. The molecule has 1 amide bonds. The lowest BCUT2D eigenvalue weighted by atomic mass is 10.1. The Balaban J connectivity index is 1.84. The van der Waals surface area contributed by atoms with Gasteiger partial charge in [0.25, 0.3) is 5.91 Å². The molecule has 0 aromatic heterocycles. The lowest BCUT2D eigenvalue weighted by Gasteiger charge is -2.08. The molecule has 2 aromatic carbocycles. The molecule has 0 spiro atoms. The molecular formula is C17H17ClN2O2. The molecule has 0 atom stereocenters. The SMILES string of the molecule is Cc1ccc(OCC(=O)N/N=C/c2ccccc2Cl)c(C)c1. The highest BCUT2D eigenvalue weighted by molar-refractivity contribution is 6.33. The van der Waals surface area contributed by atoms with Crippen LogP contribution in [0.3, 0.4) is 0 Å². The Hall–Kier alpha value is -2.33. The summed E-state index contributed by atoms with van der Waals surface area (Å²) in [6.45, 7) is 3.85. The lowest BCUT2D eigenvalue weighted by molar-refractivity contribution is -0.123. The van der Waals surface area contributed by atoms with Crippen molar-refractivity contribution in [1.82, 2.24) is 5.43 Å². The van der Waals surface area contributed by atoms with Crippen molar-refractivity contribution in [3.63, 3.8) is 0 Å². The van der Waals surface area contributed by atoms with E-state index in [0.29, 0.717) is 10.8 Å². The minimum Gasteiger partial charge on any atom is -0.483 e. The zero-order valence-electron chi connectivity index (χ0n) is 12.5. The molecule has 0 unspecified atom stereocenters. The zero-order chi connectivity index (χ0) is 15.9. The number of carbonyl (C=O) groups is 1. The summed E-state index contributed by atoms with van der Waals surface area (Å²) < 4.78 is 5.47. The third kappa shape index (κ3) is 4.60. The molecule has 2 aromatic rings. The smallest absolute Gasteiger partial charge is 0.277 e. The maximum atomic E-state index is 11.7. The van der Waals surface area contributed by atoms with E-state index in [1.807, 2.05) is 50.2 Å². The molecule has 0 aliphatic heterocycles. The number of hydrazone groups is 1. The fraction of sp³-hybridized carbons (Fsp3) is 0.176. The van der Waals surface area contributed by atoms with E-state index in [4.69, 9.17) is 16.3 Å². The zero-order valence-corrected chi connectivity index (χ0v) is 13.2. The van der Waals surface area contributed by atoms with E-state index in [1.165, 1.54) is 6.21 Å². The van der Waals surface area contributed by atoms with Gasteiger partial charge in [-0.1, -0.05) is 47.5 Å². The quantitative estimate of drug-likeness (QED) is 0.678. The molecule has 5 heteroatoms. The number of carbonyl (C=O) groups excluding carboxylic acids is 1. The van der Waals surface area contributed by atoms with Crippen LogP contribution in [0.15, 0.2) is 47.6 Å². The van der Waals surface area contributed by atoms with E-state index in [1.54, 1.807) is 6.07 Å². The van der Waals surface area contributed by atoms with Crippen molar-refractivity contribution in [2.45, 2.75) is 13.8 Å². The third-order valence-electron chi connectivity index (χ3n) is 2.99. The van der Waals surface area contributed by atoms with Crippen LogP contribution >= 0.6 is 11.6 Å². The Bertz CT molecular complexity index is 699. The Morgan fingerprint density at radius 3 is 2.77 bits per heavy atom. The predicted octanol–water partition coefficient (Wildman–Crippen LogP) is 3.49. The van der Waals surface area contributed by atoms with Gasteiger partial charge in [0.15, 0.2) is 6.61 Å². The van der Waals surface area contributed by atoms with Crippen molar-refractivity contribution in [3.8, 4) is 5.75 Å². The number of halogens is 1. The highest BCUT2D eigenvalue weighted by Crippen LogP contribution is 2.18. The van der Waals surface area contributed by atoms with Crippen LogP contribution in [0.4, 0.5) is 0 Å². The molecule has 4 nitrogen and oxygen atoms in total. The van der Waals surface area contributed by atoms with E-state index in [-0.39, 0.29) is 12.5 Å². The number of ether oxygens (including phenoxy) is 1. The number of hydrogen-bond donors (Lipinski definition) is 1. The average Bonchev–Trinajstić information content (AvgIpc) is 2.48. The number of nitrogens with one attached hydrogen (secondary N) is 1. The van der Waals surface area contributed by atoms with Crippen LogP contribution in [0.5, 0.6) is 5.75 Å². The van der Waals surface area contributed by atoms with E-state index >= 15 is 0 Å². The van der Waals surface area contributed by atoms with Gasteiger partial charge >= 0.3 is 0 Å². The van der Waals surface area contributed by atoms with E-state index < -0.39 is 0 Å². The van der Waals surface area contributed by atoms with Gasteiger partial charge in [0.05, 0.1) is 6.21 Å². The molecule has 22 heavy (non-hydrogen) atoms. The summed E-state index contributed by atoms with van der Waals surface area (Å²) in [7, 11) is 0. The first-order chi connectivity index (χ1) is 10.6. The Morgan fingerprint density at radius 2 is 2.05 bits per heavy atom. The third-order valence-corrected chi connectivity index (χ3v) is 3.33. The average molecular weight is 317 g/mol. The van der Waals surface area contributed by atoms with E-state index in [0.717, 1.165) is 16.7 Å². The predicted molar refractivity (Wildman–Crippen MR) is 88.6 cm³/mol. The van der Waals surface area contributed by atoms with Gasteiger partial charge in [-0.2, -0.15) is 5.10 Å². The van der Waals surface area contributed by atoms with Gasteiger partial charge < -0.3 is 4.74 Å². The number of hydrogen-bond acceptors (Lipinski definition) is 3. The van der Waals surface area contributed by atoms with Gasteiger partial charge in [-0.3, -0.25) is 4.79 Å². The second-order valence-corrected chi connectivity index (χ2v) is 5.28. The Morgan fingerprint density at radius 1 is 1.27 bits per heavy atom. The van der Waals surface area contributed by atoms with Crippen molar-refractivity contribution in [2.75, 3.05) is 6.61 Å². The monoisotopic (exact) mass is 316 g/mol. The molecule has 0 aliphatic rings. The highest BCUT2D eigenvalue weighted by atomic mass is 35.5. The molecule has 0 aliphatic carbocycles. The first kappa shape index (κ1) is 16.0. The van der Waals surface area contributed by atoms with Crippen molar-refractivity contribution >= 4 is 23.7 Å². The molecule has 0 heterocycles. The molecule has 2 rings (SSSR count). The Labute approximate surface area is 134 Å². The van der Waals surface area contributed by atoms with E-state index in [2.05, 4.69) is 10.5 Å². The summed E-state index contributed by atoms with van der Waals surface area (Å²) in [5.41, 5.74) is 5.29. The standard InChI is InChI=1S/C17H17ClN2O2/c1-12-7-8-16(13(2)9-12)22-11-17(21)20-19-10-14-5-3-4-6-15(14)18/h3-10H,11H2,1-2H3,(H,20,21)/b19-10+. The summed E-state index contributed by atoms with van der Waals surface area (Å²) in [6.07, 6.45) is 1.50. The van der Waals surface area contributed by atoms with Gasteiger partial charge in [0, 0.05) is 10.6 Å². The summed E-state index contributed by atoms with van der Waals surface area (Å²) in [5, 5.41) is 4.44. The van der Waals surface area contributed by atoms with Crippen LogP contribution in [-0.2, 0) is 4.79 Å². The first-order valence-corrected chi connectivity index (χ1v) is 7.20. The molecular weight excluding hydrogens is 300 g/mol. The van der Waals surface area contributed by atoms with Gasteiger partial charge in [-0.15, -0.1) is 0 Å². The van der Waals surface area contributed by atoms with Crippen LogP contribution in [0.2, 0.25) is 5.02 Å². The second kappa shape index (κ2) is 7.61. The number of amides is 1. The molecule has 0 saturated heterocycles. The summed E-state index contributed by atoms with van der Waals surface area (Å²) in [5.74, 6) is 0.360. The minimum absolute atomic E-state index is 0.0935. The number of nitrogens with zero attached hydrogens (tertiary/aromatic N) is 1. The fourth-order valence-corrected chi connectivity index (χ4v) is 2.07. The van der Waals surface area contributed by atoms with Crippen LogP contribution in [0.25, 0.3) is 0 Å². The lowest BCUT2D eigenvalue weighted by Crippen LogP contribution is -2.24. The summed E-state index contributed by atoms with van der Waals surface area (Å²) in [4.78, 5) is 11.7. The van der Waals surface area contributed by atoms with Crippen LogP contribution in [-0.4, -0.2) is 18.7 Å². The maximum Gasteiger partial charge on any atom is 0.277 e. The van der Waals surface area contributed by atoms with Crippen LogP contribution in [0.1, 0.15) is 16.7 Å². The summed E-state index contributed by atoms with van der Waals surface area (Å²) in [6, 6.07) is 13.0. The molecule has 0 saturated carbocycles. The van der Waals surface area contributed by atoms with Crippen LogP contribution in [0, 0.1) is 13.8 Å². The first-order valence-electron chi connectivity index (χ1n) is 6.83. The normalized spacial score (nSPS) is 10.7. The summed E-state index contributed by atoms with van der Waals surface area (Å²) >= 11 is 5.98. The maximum absolute atomic E-state index is 11.7. The molecule has 0 radical (unpaired) electrons. The number of benzene rings is 2. The van der Waals surface area contributed by atoms with Gasteiger partial charge in [0.1, 0.15) is 5.75 Å². The van der Waals surface area contributed by atoms with Crippen molar-refractivity contribution in [3.05, 3.63) is 64.2 Å². The Kier molecular flexibility index (Phi) is 5.55. The topological polar surface area (TPSA) is 50.7 Å². The molecule has 0 bridgehead atoms. The molecule has 114 valence electrons. The van der Waals surface area contributed by atoms with Gasteiger partial charge in [-0.25, -0.2) is 5.43 Å². The number of aryl methyl sites for hydroxylation is 2. The largest absolute Gasteiger partial charge is 0.483 e. The number of rotatable bonds is 5.